The average molecular weight is 390 g/mol. The van der Waals surface area contributed by atoms with Crippen molar-refractivity contribution in [2.45, 2.75) is 17.9 Å². The van der Waals surface area contributed by atoms with Crippen LogP contribution in [0.3, 0.4) is 0 Å². The van der Waals surface area contributed by atoms with Crippen LogP contribution in [-0.2, 0) is 10.0 Å². The second-order valence-corrected chi connectivity index (χ2v) is 8.41. The van der Waals surface area contributed by atoms with Gasteiger partial charge in [-0.3, -0.25) is 0 Å². The lowest BCUT2D eigenvalue weighted by Crippen LogP contribution is -2.48. The zero-order valence-corrected chi connectivity index (χ0v) is 16.1. The molecule has 2 heterocycles. The fourth-order valence-corrected chi connectivity index (χ4v) is 5.44. The van der Waals surface area contributed by atoms with Gasteiger partial charge in [0.05, 0.1) is 18.0 Å². The van der Waals surface area contributed by atoms with E-state index >= 15 is 0 Å². The number of hydrogen-bond acceptors (Lipinski definition) is 6. The third-order valence-electron chi connectivity index (χ3n) is 4.95. The summed E-state index contributed by atoms with van der Waals surface area (Å²) in [6.45, 7) is 3.36. The van der Waals surface area contributed by atoms with E-state index in [0.717, 1.165) is 5.56 Å². The largest absolute Gasteiger partial charge is 0.496 e. The number of sulfonamides is 1. The first-order valence-electron chi connectivity index (χ1n) is 8.78. The predicted octanol–water partition coefficient (Wildman–Crippen LogP) is 2.07. The second-order valence-electron chi connectivity index (χ2n) is 6.55. The quantitative estimate of drug-likeness (QED) is 0.861. The Bertz CT molecular complexity index is 961. The summed E-state index contributed by atoms with van der Waals surface area (Å²) >= 11 is 0. The number of rotatable bonds is 4. The molecule has 1 saturated heterocycles. The minimum atomic E-state index is -3.73. The lowest BCUT2D eigenvalue weighted by atomic mass is 10.0. The van der Waals surface area contributed by atoms with Gasteiger partial charge in [-0.1, -0.05) is 18.2 Å². The van der Waals surface area contributed by atoms with E-state index in [1.165, 1.54) is 0 Å². The van der Waals surface area contributed by atoms with Gasteiger partial charge in [0.25, 0.3) is 0 Å². The van der Waals surface area contributed by atoms with Gasteiger partial charge >= 0.3 is 0 Å². The maximum absolute atomic E-state index is 13.6. The Morgan fingerprint density at radius 3 is 2.70 bits per heavy atom. The van der Waals surface area contributed by atoms with Gasteiger partial charge in [-0.15, -0.1) is 0 Å². The van der Waals surface area contributed by atoms with Crippen LogP contribution in [0.15, 0.2) is 41.3 Å². The van der Waals surface area contributed by atoms with Crippen LogP contribution in [-0.4, -0.2) is 46.3 Å². The number of fused-ring (bicyclic) bond motifs is 1. The van der Waals surface area contributed by atoms with Gasteiger partial charge in [-0.05, 0) is 24.6 Å². The van der Waals surface area contributed by atoms with Crippen molar-refractivity contribution in [1.82, 2.24) is 9.62 Å². The molecular formula is C19H22N2O5S. The minimum absolute atomic E-state index is 0.107. The second kappa shape index (κ2) is 7.03. The van der Waals surface area contributed by atoms with Crippen LogP contribution in [0.2, 0.25) is 0 Å². The molecule has 1 atom stereocenters. The molecule has 7 nitrogen and oxygen atoms in total. The van der Waals surface area contributed by atoms with Crippen molar-refractivity contribution in [2.75, 3.05) is 33.5 Å². The summed E-state index contributed by atoms with van der Waals surface area (Å²) in [7, 11) is -2.14. The summed E-state index contributed by atoms with van der Waals surface area (Å²) in [5.74, 6) is 1.71. The monoisotopic (exact) mass is 390 g/mol. The Balaban J connectivity index is 1.78. The highest BCUT2D eigenvalue weighted by Crippen LogP contribution is 2.39. The summed E-state index contributed by atoms with van der Waals surface area (Å²) < 4.78 is 44.9. The highest BCUT2D eigenvalue weighted by Gasteiger charge is 2.37. The van der Waals surface area contributed by atoms with E-state index in [0.29, 0.717) is 42.4 Å². The molecule has 8 heteroatoms. The number of nitrogens with zero attached hydrogens (tertiary/aromatic N) is 1. The van der Waals surface area contributed by atoms with E-state index in [-0.39, 0.29) is 17.7 Å². The van der Waals surface area contributed by atoms with Crippen molar-refractivity contribution in [3.8, 4) is 17.2 Å². The topological polar surface area (TPSA) is 77.1 Å². The molecule has 0 bridgehead atoms. The Kier molecular flexibility index (Phi) is 4.71. The summed E-state index contributed by atoms with van der Waals surface area (Å²) in [5, 5.41) is 3.29. The lowest BCUT2D eigenvalue weighted by Gasteiger charge is -2.36. The Morgan fingerprint density at radius 1 is 1.19 bits per heavy atom. The maximum atomic E-state index is 13.6. The molecule has 0 amide bonds. The SMILES string of the molecule is COc1ccccc1C1CNCCN1S(=O)(=O)c1cc2c(cc1C)OCO2. The van der Waals surface area contributed by atoms with Crippen molar-refractivity contribution < 1.29 is 22.6 Å². The Hall–Kier alpha value is -2.29. The molecule has 0 spiro atoms. The molecular weight excluding hydrogens is 368 g/mol. The van der Waals surface area contributed by atoms with Gasteiger partial charge < -0.3 is 19.5 Å². The van der Waals surface area contributed by atoms with Gasteiger partial charge in [0.1, 0.15) is 5.75 Å². The molecule has 0 aliphatic carbocycles. The Morgan fingerprint density at radius 2 is 1.93 bits per heavy atom. The normalized spacial score (nSPS) is 19.9. The molecule has 4 rings (SSSR count). The third kappa shape index (κ3) is 3.13. The molecule has 2 aromatic carbocycles. The van der Waals surface area contributed by atoms with Crippen LogP contribution in [0.25, 0.3) is 0 Å². The average Bonchev–Trinajstić information content (AvgIpc) is 3.14. The van der Waals surface area contributed by atoms with Gasteiger partial charge in [0.2, 0.25) is 16.8 Å². The first-order valence-corrected chi connectivity index (χ1v) is 10.2. The molecule has 1 N–H and O–H groups in total. The highest BCUT2D eigenvalue weighted by molar-refractivity contribution is 7.89. The summed E-state index contributed by atoms with van der Waals surface area (Å²) in [5.41, 5.74) is 1.48. The fraction of sp³-hybridized carbons (Fsp3) is 0.368. The molecule has 1 unspecified atom stereocenters. The Labute approximate surface area is 158 Å². The number of nitrogens with one attached hydrogen (secondary N) is 1. The van der Waals surface area contributed by atoms with Gasteiger partial charge in [0, 0.05) is 31.3 Å². The van der Waals surface area contributed by atoms with Crippen LogP contribution in [0.1, 0.15) is 17.2 Å². The molecule has 0 aromatic heterocycles. The van der Waals surface area contributed by atoms with Gasteiger partial charge in [-0.2, -0.15) is 4.31 Å². The van der Waals surface area contributed by atoms with E-state index in [9.17, 15) is 8.42 Å². The molecule has 2 aliphatic heterocycles. The number of aryl methyl sites for hydroxylation is 1. The maximum Gasteiger partial charge on any atom is 0.244 e. The van der Waals surface area contributed by atoms with E-state index in [4.69, 9.17) is 14.2 Å². The third-order valence-corrected chi connectivity index (χ3v) is 7.00. The zero-order valence-electron chi connectivity index (χ0n) is 15.3. The number of para-hydroxylation sites is 1. The molecule has 0 saturated carbocycles. The van der Waals surface area contributed by atoms with E-state index in [1.807, 2.05) is 24.3 Å². The fourth-order valence-electron chi connectivity index (χ4n) is 3.61. The van der Waals surface area contributed by atoms with Crippen LogP contribution in [0, 0.1) is 6.92 Å². The predicted molar refractivity (Wildman–Crippen MR) is 99.8 cm³/mol. The van der Waals surface area contributed by atoms with Crippen molar-refractivity contribution in [3.05, 3.63) is 47.5 Å². The van der Waals surface area contributed by atoms with Crippen LogP contribution >= 0.6 is 0 Å². The van der Waals surface area contributed by atoms with Crippen LogP contribution in [0.5, 0.6) is 17.2 Å². The van der Waals surface area contributed by atoms with Gasteiger partial charge in [0.15, 0.2) is 11.5 Å². The summed E-state index contributed by atoms with van der Waals surface area (Å²) in [6.07, 6.45) is 0. The highest BCUT2D eigenvalue weighted by atomic mass is 32.2. The van der Waals surface area contributed by atoms with Gasteiger partial charge in [-0.25, -0.2) is 8.42 Å². The van der Waals surface area contributed by atoms with Crippen LogP contribution in [0.4, 0.5) is 0 Å². The molecule has 2 aromatic rings. The summed E-state index contributed by atoms with van der Waals surface area (Å²) in [4.78, 5) is 0.244. The van der Waals surface area contributed by atoms with E-state index in [2.05, 4.69) is 5.32 Å². The van der Waals surface area contributed by atoms with Crippen LogP contribution < -0.4 is 19.5 Å². The number of ether oxygens (including phenoxy) is 3. The standard InChI is InChI=1S/C19H22N2O5S/c1-13-9-17-18(26-12-25-17)10-19(13)27(22,23)21-8-7-20-11-15(21)14-5-3-4-6-16(14)24-2/h3-6,9-10,15,20H,7-8,11-12H2,1-2H3. The first kappa shape index (κ1) is 18.1. The number of hydrogen-bond donors (Lipinski definition) is 1. The van der Waals surface area contributed by atoms with E-state index in [1.54, 1.807) is 30.5 Å². The van der Waals surface area contributed by atoms with Crippen molar-refractivity contribution >= 4 is 10.0 Å². The lowest BCUT2D eigenvalue weighted by molar-refractivity contribution is 0.174. The smallest absolute Gasteiger partial charge is 0.244 e. The minimum Gasteiger partial charge on any atom is -0.496 e. The molecule has 144 valence electrons. The van der Waals surface area contributed by atoms with Crippen molar-refractivity contribution in [2.24, 2.45) is 0 Å². The first-order chi connectivity index (χ1) is 13.0. The number of methoxy groups -OCH3 is 1. The number of benzene rings is 2. The molecule has 27 heavy (non-hydrogen) atoms. The van der Waals surface area contributed by atoms with E-state index < -0.39 is 10.0 Å². The molecule has 0 radical (unpaired) electrons. The number of piperazine rings is 1. The molecule has 1 fully saturated rings. The zero-order chi connectivity index (χ0) is 19.0. The van der Waals surface area contributed by atoms with Crippen molar-refractivity contribution in [3.63, 3.8) is 0 Å². The summed E-state index contributed by atoms with van der Waals surface area (Å²) in [6, 6.07) is 10.4. The molecule has 2 aliphatic rings. The van der Waals surface area contributed by atoms with Crippen molar-refractivity contribution in [1.29, 1.82) is 0 Å².